The molecule has 2 rings (SSSR count). The number of aryl methyl sites for hydroxylation is 3. The van der Waals surface area contributed by atoms with Crippen LogP contribution in [0.5, 0.6) is 0 Å². The quantitative estimate of drug-likeness (QED) is 0.830. The predicted octanol–water partition coefficient (Wildman–Crippen LogP) is 1.73. The molecule has 1 aliphatic rings. The maximum Gasteiger partial charge on any atom is 0.325 e. The van der Waals surface area contributed by atoms with Crippen LogP contribution in [0.2, 0.25) is 0 Å². The van der Waals surface area contributed by atoms with Gasteiger partial charge >= 0.3 is 6.03 Å². The summed E-state index contributed by atoms with van der Waals surface area (Å²) in [7, 11) is 0. The lowest BCUT2D eigenvalue weighted by Crippen LogP contribution is -2.42. The highest BCUT2D eigenvalue weighted by molar-refractivity contribution is 6.07. The number of nitrogens with zero attached hydrogens (tertiary/aromatic N) is 1. The molecule has 1 aromatic carbocycles. The second kappa shape index (κ2) is 6.40. The van der Waals surface area contributed by atoms with Crippen LogP contribution in [-0.4, -0.2) is 35.3 Å². The predicted molar refractivity (Wildman–Crippen MR) is 86.9 cm³/mol. The van der Waals surface area contributed by atoms with E-state index in [9.17, 15) is 14.4 Å². The molecule has 0 radical (unpaired) electrons. The third-order valence-corrected chi connectivity index (χ3v) is 3.80. The van der Waals surface area contributed by atoms with E-state index < -0.39 is 12.1 Å². The van der Waals surface area contributed by atoms with Gasteiger partial charge in [-0.15, -0.1) is 0 Å². The molecule has 0 aliphatic carbocycles. The van der Waals surface area contributed by atoms with Gasteiger partial charge in [-0.25, -0.2) is 4.79 Å². The van der Waals surface area contributed by atoms with E-state index in [1.54, 1.807) is 0 Å². The van der Waals surface area contributed by atoms with E-state index in [1.165, 1.54) is 0 Å². The Kier molecular flexibility index (Phi) is 4.73. The molecule has 2 N–H and O–H groups in total. The largest absolute Gasteiger partial charge is 0.352 e. The second-order valence-electron chi connectivity index (χ2n) is 6.34. The van der Waals surface area contributed by atoms with E-state index >= 15 is 0 Å². The van der Waals surface area contributed by atoms with Gasteiger partial charge in [-0.05, 0) is 51.3 Å². The summed E-state index contributed by atoms with van der Waals surface area (Å²) in [6.45, 7) is 9.22. The molecular weight excluding hydrogens is 294 g/mol. The summed E-state index contributed by atoms with van der Waals surface area (Å²) >= 11 is 0. The van der Waals surface area contributed by atoms with Gasteiger partial charge in [0, 0.05) is 6.04 Å². The minimum absolute atomic E-state index is 0.0411. The summed E-state index contributed by atoms with van der Waals surface area (Å²) in [5.74, 6) is -0.731. The van der Waals surface area contributed by atoms with Crippen molar-refractivity contribution in [3.8, 4) is 0 Å². The lowest BCUT2D eigenvalue weighted by atomic mass is 9.94. The molecule has 0 spiro atoms. The van der Waals surface area contributed by atoms with E-state index in [1.807, 2.05) is 46.8 Å². The monoisotopic (exact) mass is 317 g/mol. The maximum absolute atomic E-state index is 12.6. The average molecular weight is 317 g/mol. The van der Waals surface area contributed by atoms with E-state index in [4.69, 9.17) is 0 Å². The summed E-state index contributed by atoms with van der Waals surface area (Å²) in [5.41, 5.74) is 3.82. The van der Waals surface area contributed by atoms with Crippen LogP contribution in [-0.2, 0) is 9.59 Å². The molecule has 1 atom stereocenters. The third kappa shape index (κ3) is 3.52. The molecular formula is C17H23N3O3. The van der Waals surface area contributed by atoms with Gasteiger partial charge in [0.1, 0.15) is 12.6 Å². The first-order valence-electron chi connectivity index (χ1n) is 7.69. The van der Waals surface area contributed by atoms with Crippen LogP contribution in [0.1, 0.15) is 42.1 Å². The van der Waals surface area contributed by atoms with E-state index in [2.05, 4.69) is 10.6 Å². The van der Waals surface area contributed by atoms with Gasteiger partial charge in [0.15, 0.2) is 0 Å². The van der Waals surface area contributed by atoms with Gasteiger partial charge in [0.05, 0.1) is 0 Å². The Morgan fingerprint density at radius 2 is 1.78 bits per heavy atom. The van der Waals surface area contributed by atoms with Crippen molar-refractivity contribution >= 4 is 17.8 Å². The lowest BCUT2D eigenvalue weighted by Gasteiger charge is -2.17. The van der Waals surface area contributed by atoms with Crippen molar-refractivity contribution in [2.24, 2.45) is 0 Å². The fourth-order valence-corrected chi connectivity index (χ4v) is 3.02. The molecule has 124 valence electrons. The zero-order chi connectivity index (χ0) is 17.3. The number of carbonyl (C=O) groups excluding carboxylic acids is 3. The average Bonchev–Trinajstić information content (AvgIpc) is 2.65. The summed E-state index contributed by atoms with van der Waals surface area (Å²) in [5, 5.41) is 5.37. The Labute approximate surface area is 136 Å². The molecule has 6 heteroatoms. The number of amides is 4. The zero-order valence-corrected chi connectivity index (χ0v) is 14.2. The number of imide groups is 1. The first kappa shape index (κ1) is 17.0. The minimum Gasteiger partial charge on any atom is -0.352 e. The number of hydrogen-bond donors (Lipinski definition) is 2. The highest BCUT2D eigenvalue weighted by atomic mass is 16.2. The molecule has 1 heterocycles. The van der Waals surface area contributed by atoms with Crippen LogP contribution >= 0.6 is 0 Å². The summed E-state index contributed by atoms with van der Waals surface area (Å²) in [4.78, 5) is 37.5. The molecule has 23 heavy (non-hydrogen) atoms. The molecule has 0 aromatic heterocycles. The van der Waals surface area contributed by atoms with Crippen molar-refractivity contribution in [1.29, 1.82) is 0 Å². The molecule has 0 bridgehead atoms. The molecule has 1 unspecified atom stereocenters. The van der Waals surface area contributed by atoms with E-state index in [-0.39, 0.29) is 24.4 Å². The summed E-state index contributed by atoms with van der Waals surface area (Å²) < 4.78 is 0. The number of urea groups is 1. The molecule has 1 saturated heterocycles. The van der Waals surface area contributed by atoms with Gasteiger partial charge in [0.25, 0.3) is 5.91 Å². The van der Waals surface area contributed by atoms with Gasteiger partial charge in [0.2, 0.25) is 5.91 Å². The topological polar surface area (TPSA) is 78.5 Å². The third-order valence-electron chi connectivity index (χ3n) is 3.80. The van der Waals surface area contributed by atoms with Crippen LogP contribution in [0.3, 0.4) is 0 Å². The Balaban J connectivity index is 2.24. The number of carbonyl (C=O) groups is 3. The highest BCUT2D eigenvalue weighted by Crippen LogP contribution is 2.28. The van der Waals surface area contributed by atoms with E-state index in [0.717, 1.165) is 27.2 Å². The number of hydrogen-bond acceptors (Lipinski definition) is 3. The van der Waals surface area contributed by atoms with Crippen molar-refractivity contribution < 1.29 is 14.4 Å². The standard InChI is InChI=1S/C17H23N3O3/c1-9(2)18-13(21)8-20-16(22)15(19-17(20)23)14-11(4)6-10(3)7-12(14)5/h6-7,9,15H,8H2,1-5H3,(H,18,21)(H,19,23). The first-order chi connectivity index (χ1) is 10.7. The summed E-state index contributed by atoms with van der Waals surface area (Å²) in [6.07, 6.45) is 0. The molecule has 1 fully saturated rings. The van der Waals surface area contributed by atoms with Crippen LogP contribution in [0.25, 0.3) is 0 Å². The zero-order valence-electron chi connectivity index (χ0n) is 14.2. The first-order valence-corrected chi connectivity index (χ1v) is 7.69. The molecule has 1 aliphatic heterocycles. The minimum atomic E-state index is -0.727. The normalized spacial score (nSPS) is 17.7. The van der Waals surface area contributed by atoms with Crippen LogP contribution in [0, 0.1) is 20.8 Å². The molecule has 4 amide bonds. The van der Waals surface area contributed by atoms with Gasteiger partial charge in [-0.2, -0.15) is 0 Å². The van der Waals surface area contributed by atoms with Gasteiger partial charge < -0.3 is 10.6 Å². The molecule has 0 saturated carbocycles. The Hall–Kier alpha value is -2.37. The van der Waals surface area contributed by atoms with Crippen LogP contribution in [0.4, 0.5) is 4.79 Å². The Morgan fingerprint density at radius 3 is 2.30 bits per heavy atom. The fourth-order valence-electron chi connectivity index (χ4n) is 3.02. The van der Waals surface area contributed by atoms with Gasteiger partial charge in [-0.3, -0.25) is 14.5 Å². The number of rotatable bonds is 4. The maximum atomic E-state index is 12.6. The fraction of sp³-hybridized carbons (Fsp3) is 0.471. The number of nitrogens with one attached hydrogen (secondary N) is 2. The lowest BCUT2D eigenvalue weighted by molar-refractivity contribution is -0.132. The highest BCUT2D eigenvalue weighted by Gasteiger charge is 2.41. The molecule has 1 aromatic rings. The van der Waals surface area contributed by atoms with Crippen molar-refractivity contribution in [3.63, 3.8) is 0 Å². The Bertz CT molecular complexity index is 644. The van der Waals surface area contributed by atoms with Crippen molar-refractivity contribution in [2.45, 2.75) is 46.7 Å². The smallest absolute Gasteiger partial charge is 0.325 e. The van der Waals surface area contributed by atoms with E-state index in [0.29, 0.717) is 0 Å². The van der Waals surface area contributed by atoms with Crippen LogP contribution < -0.4 is 10.6 Å². The van der Waals surface area contributed by atoms with Crippen molar-refractivity contribution in [3.05, 3.63) is 34.4 Å². The molecule has 6 nitrogen and oxygen atoms in total. The Morgan fingerprint density at radius 1 is 1.22 bits per heavy atom. The van der Waals surface area contributed by atoms with Crippen LogP contribution in [0.15, 0.2) is 12.1 Å². The second-order valence-corrected chi connectivity index (χ2v) is 6.34. The summed E-state index contributed by atoms with van der Waals surface area (Å²) in [6, 6.07) is 2.67. The van der Waals surface area contributed by atoms with Crippen molar-refractivity contribution in [1.82, 2.24) is 15.5 Å². The number of benzene rings is 1. The van der Waals surface area contributed by atoms with Crippen molar-refractivity contribution in [2.75, 3.05) is 6.54 Å². The van der Waals surface area contributed by atoms with Gasteiger partial charge in [-0.1, -0.05) is 17.7 Å². The SMILES string of the molecule is Cc1cc(C)c(C2NC(=O)N(CC(=O)NC(C)C)C2=O)c(C)c1.